The average molecular weight is 471 g/mol. The highest BCUT2D eigenvalue weighted by atomic mass is 16.4. The summed E-state index contributed by atoms with van der Waals surface area (Å²) in [6.45, 7) is 0.908. The van der Waals surface area contributed by atoms with Crippen LogP contribution in [0.1, 0.15) is 28.3 Å². The highest BCUT2D eigenvalue weighted by molar-refractivity contribution is 5.89. The molecule has 1 unspecified atom stereocenters. The molecule has 0 spiro atoms. The first-order valence-electron chi connectivity index (χ1n) is 11.1. The number of carboxylic acids is 1. The van der Waals surface area contributed by atoms with Crippen molar-refractivity contribution in [2.45, 2.75) is 25.4 Å². The normalized spacial score (nSPS) is 11.5. The molecule has 5 N–H and O–H groups in total. The van der Waals surface area contributed by atoms with Crippen molar-refractivity contribution in [1.82, 2.24) is 19.9 Å². The van der Waals surface area contributed by atoms with Crippen LogP contribution in [0, 0.1) is 0 Å². The average Bonchev–Trinajstić information content (AvgIpc) is 3.31. The van der Waals surface area contributed by atoms with Gasteiger partial charge in [0.25, 0.3) is 0 Å². The SMILES string of the molecule is Nc1ccc(CC(C(=O)O)c2cn(Cc3cccc(NC(=O)NCc4ccccc4)c3)cn2)cn1. The van der Waals surface area contributed by atoms with Gasteiger partial charge in [0.2, 0.25) is 0 Å². The summed E-state index contributed by atoms with van der Waals surface area (Å²) in [6, 6.07) is 20.3. The zero-order chi connectivity index (χ0) is 24.6. The molecule has 0 radical (unpaired) electrons. The number of carboxylic acid groups (broad SMARTS) is 1. The number of amides is 2. The molecule has 2 aromatic carbocycles. The van der Waals surface area contributed by atoms with Crippen LogP contribution in [-0.4, -0.2) is 31.6 Å². The molecule has 178 valence electrons. The van der Waals surface area contributed by atoms with Crippen LogP contribution in [-0.2, 0) is 24.3 Å². The van der Waals surface area contributed by atoms with Crippen LogP contribution >= 0.6 is 0 Å². The quantitative estimate of drug-likeness (QED) is 0.295. The molecular formula is C26H26N6O3. The van der Waals surface area contributed by atoms with Crippen LogP contribution in [0.25, 0.3) is 0 Å². The number of rotatable bonds is 9. The minimum Gasteiger partial charge on any atom is -0.481 e. The molecule has 2 heterocycles. The Morgan fingerprint density at radius 2 is 1.77 bits per heavy atom. The molecule has 35 heavy (non-hydrogen) atoms. The second-order valence-electron chi connectivity index (χ2n) is 8.15. The fourth-order valence-electron chi connectivity index (χ4n) is 3.67. The summed E-state index contributed by atoms with van der Waals surface area (Å²) in [7, 11) is 0. The number of hydrogen-bond acceptors (Lipinski definition) is 5. The van der Waals surface area contributed by atoms with Gasteiger partial charge in [0.15, 0.2) is 0 Å². The first-order chi connectivity index (χ1) is 17.0. The van der Waals surface area contributed by atoms with E-state index in [-0.39, 0.29) is 12.5 Å². The van der Waals surface area contributed by atoms with Gasteiger partial charge in [-0.15, -0.1) is 0 Å². The molecule has 4 rings (SSSR count). The van der Waals surface area contributed by atoms with E-state index in [1.165, 1.54) is 0 Å². The summed E-state index contributed by atoms with van der Waals surface area (Å²) in [6.07, 6.45) is 5.18. The Morgan fingerprint density at radius 1 is 0.971 bits per heavy atom. The molecule has 1 atom stereocenters. The number of anilines is 2. The van der Waals surface area contributed by atoms with Gasteiger partial charge in [0.1, 0.15) is 11.7 Å². The molecule has 9 nitrogen and oxygen atoms in total. The smallest absolute Gasteiger partial charge is 0.319 e. The number of carbonyl (C=O) groups is 2. The van der Waals surface area contributed by atoms with E-state index in [1.807, 2.05) is 59.2 Å². The molecule has 4 aromatic rings. The lowest BCUT2D eigenvalue weighted by Gasteiger charge is -2.10. The zero-order valence-electron chi connectivity index (χ0n) is 19.0. The molecule has 0 bridgehead atoms. The maximum Gasteiger partial charge on any atom is 0.319 e. The number of nitrogens with one attached hydrogen (secondary N) is 2. The molecule has 0 aliphatic rings. The number of nitrogen functional groups attached to an aromatic ring is 1. The molecule has 9 heteroatoms. The minimum absolute atomic E-state index is 0.261. The van der Waals surface area contributed by atoms with E-state index in [9.17, 15) is 14.7 Å². The van der Waals surface area contributed by atoms with Crippen molar-refractivity contribution in [2.24, 2.45) is 0 Å². The van der Waals surface area contributed by atoms with Gasteiger partial charge < -0.3 is 26.0 Å². The summed E-state index contributed by atoms with van der Waals surface area (Å²) >= 11 is 0. The highest BCUT2D eigenvalue weighted by Crippen LogP contribution is 2.21. The topological polar surface area (TPSA) is 135 Å². The molecular weight excluding hydrogens is 444 g/mol. The standard InChI is InChI=1S/C26H26N6O3/c27-24-10-9-19(14-28-24)12-22(25(33)34)23-16-32(17-30-23)15-20-7-4-8-21(11-20)31-26(35)29-13-18-5-2-1-3-6-18/h1-11,14,16-17,22H,12-13,15H2,(H2,27,28)(H,33,34)(H2,29,31,35). The largest absolute Gasteiger partial charge is 0.481 e. The Bertz CT molecular complexity index is 1290. The summed E-state index contributed by atoms with van der Waals surface area (Å²) in [5.74, 6) is -1.38. The Hall–Kier alpha value is -4.66. The molecule has 0 saturated heterocycles. The van der Waals surface area contributed by atoms with Crippen molar-refractivity contribution >= 4 is 23.5 Å². The number of pyridine rings is 1. The Labute approximate surface area is 202 Å². The molecule has 0 aliphatic carbocycles. The van der Waals surface area contributed by atoms with Crippen molar-refractivity contribution in [3.05, 3.63) is 108 Å². The van der Waals surface area contributed by atoms with Gasteiger partial charge in [-0.05, 0) is 41.3 Å². The maximum absolute atomic E-state index is 12.3. The number of nitrogens with zero attached hydrogens (tertiary/aromatic N) is 3. The number of benzene rings is 2. The molecule has 0 fully saturated rings. The van der Waals surface area contributed by atoms with E-state index in [0.29, 0.717) is 30.3 Å². The van der Waals surface area contributed by atoms with Gasteiger partial charge in [-0.3, -0.25) is 4.79 Å². The van der Waals surface area contributed by atoms with Crippen molar-refractivity contribution in [1.29, 1.82) is 0 Å². The predicted molar refractivity (Wildman–Crippen MR) is 133 cm³/mol. The summed E-state index contributed by atoms with van der Waals surface area (Å²) < 4.78 is 1.82. The van der Waals surface area contributed by atoms with Gasteiger partial charge in [-0.2, -0.15) is 0 Å². The zero-order valence-corrected chi connectivity index (χ0v) is 19.0. The number of aromatic nitrogens is 3. The lowest BCUT2D eigenvalue weighted by atomic mass is 9.98. The van der Waals surface area contributed by atoms with Crippen LogP contribution in [0.3, 0.4) is 0 Å². The number of hydrogen-bond donors (Lipinski definition) is 4. The van der Waals surface area contributed by atoms with Gasteiger partial charge >= 0.3 is 12.0 Å². The second kappa shape index (κ2) is 11.0. The third-order valence-electron chi connectivity index (χ3n) is 5.44. The summed E-state index contributed by atoms with van der Waals surface area (Å²) in [5, 5.41) is 15.4. The third-order valence-corrected chi connectivity index (χ3v) is 5.44. The molecule has 2 aromatic heterocycles. The van der Waals surface area contributed by atoms with Gasteiger partial charge in [0, 0.05) is 31.2 Å². The predicted octanol–water partition coefficient (Wildman–Crippen LogP) is 3.64. The lowest BCUT2D eigenvalue weighted by Crippen LogP contribution is -2.28. The maximum atomic E-state index is 12.3. The fraction of sp³-hybridized carbons (Fsp3) is 0.154. The minimum atomic E-state index is -0.959. The van der Waals surface area contributed by atoms with Crippen LogP contribution in [0.5, 0.6) is 0 Å². The second-order valence-corrected chi connectivity index (χ2v) is 8.15. The Kier molecular flexibility index (Phi) is 7.37. The number of nitrogens with two attached hydrogens (primary N) is 1. The van der Waals surface area contributed by atoms with Gasteiger partial charge in [-0.25, -0.2) is 14.8 Å². The number of aliphatic carboxylic acids is 1. The van der Waals surface area contributed by atoms with Crippen molar-refractivity contribution in [3.63, 3.8) is 0 Å². The Balaban J connectivity index is 1.37. The van der Waals surface area contributed by atoms with E-state index in [0.717, 1.165) is 16.7 Å². The van der Waals surface area contributed by atoms with E-state index in [4.69, 9.17) is 5.73 Å². The van der Waals surface area contributed by atoms with Crippen molar-refractivity contribution in [3.8, 4) is 0 Å². The van der Waals surface area contributed by atoms with Crippen molar-refractivity contribution < 1.29 is 14.7 Å². The molecule has 2 amide bonds. The lowest BCUT2D eigenvalue weighted by molar-refractivity contribution is -0.138. The van der Waals surface area contributed by atoms with E-state index < -0.39 is 11.9 Å². The van der Waals surface area contributed by atoms with E-state index in [1.54, 1.807) is 30.9 Å². The number of urea groups is 1. The summed E-state index contributed by atoms with van der Waals surface area (Å²) in [4.78, 5) is 32.5. The van der Waals surface area contributed by atoms with Gasteiger partial charge in [0.05, 0.1) is 12.0 Å². The fourth-order valence-corrected chi connectivity index (χ4v) is 3.67. The first kappa shape index (κ1) is 23.5. The van der Waals surface area contributed by atoms with Crippen LogP contribution in [0.2, 0.25) is 0 Å². The van der Waals surface area contributed by atoms with Gasteiger partial charge in [-0.1, -0.05) is 48.5 Å². The van der Waals surface area contributed by atoms with Crippen LogP contribution in [0.15, 0.2) is 85.5 Å². The number of carbonyl (C=O) groups excluding carboxylic acids is 1. The van der Waals surface area contributed by atoms with Crippen molar-refractivity contribution in [2.75, 3.05) is 11.1 Å². The Morgan fingerprint density at radius 3 is 2.51 bits per heavy atom. The van der Waals surface area contributed by atoms with Crippen LogP contribution < -0.4 is 16.4 Å². The summed E-state index contributed by atoms with van der Waals surface area (Å²) in [5.41, 5.74) is 9.45. The van der Waals surface area contributed by atoms with E-state index in [2.05, 4.69) is 20.6 Å². The molecule has 0 saturated carbocycles. The number of imidazole rings is 1. The first-order valence-corrected chi connectivity index (χ1v) is 11.1. The monoisotopic (exact) mass is 470 g/mol. The molecule has 0 aliphatic heterocycles. The third kappa shape index (κ3) is 6.67. The highest BCUT2D eigenvalue weighted by Gasteiger charge is 2.23. The van der Waals surface area contributed by atoms with E-state index >= 15 is 0 Å². The van der Waals surface area contributed by atoms with Crippen LogP contribution in [0.4, 0.5) is 16.3 Å².